The van der Waals surface area contributed by atoms with Gasteiger partial charge in [0, 0.05) is 44.4 Å². The Bertz CT molecular complexity index is 1010. The van der Waals surface area contributed by atoms with E-state index in [1.807, 2.05) is 0 Å². The molecule has 1 N–H and O–H groups in total. The summed E-state index contributed by atoms with van der Waals surface area (Å²) in [6.07, 6.45) is -5.68. The fourth-order valence-corrected chi connectivity index (χ4v) is 4.54. The number of halogens is 6. The van der Waals surface area contributed by atoms with Crippen LogP contribution in [0, 0.1) is 17.5 Å². The Balaban J connectivity index is 1.77. The third-order valence-corrected chi connectivity index (χ3v) is 6.26. The molecule has 1 atom stereocenters. The number of β-amino-alcohol motifs (C(OH)–C–C–N with tert-alkyl or cyclic N) is 1. The lowest BCUT2D eigenvalue weighted by molar-refractivity contribution is -0.271. The lowest BCUT2D eigenvalue weighted by Gasteiger charge is -2.43. The van der Waals surface area contributed by atoms with Gasteiger partial charge in [0.05, 0.1) is 12.8 Å². The Morgan fingerprint density at radius 2 is 1.50 bits per heavy atom. The topological polar surface area (TPSA) is 35.9 Å². The second-order valence-corrected chi connectivity index (χ2v) is 9.29. The lowest BCUT2D eigenvalue weighted by atomic mass is 9.74. The van der Waals surface area contributed by atoms with Gasteiger partial charge in [-0.05, 0) is 42.2 Å². The summed E-state index contributed by atoms with van der Waals surface area (Å²) in [6.45, 7) is 2.98. The lowest BCUT2D eigenvalue weighted by Crippen LogP contribution is -2.59. The minimum Gasteiger partial charge on any atom is -0.496 e. The van der Waals surface area contributed by atoms with Crippen molar-refractivity contribution >= 4 is 5.69 Å². The average molecular weight is 490 g/mol. The molecule has 0 bridgehead atoms. The second-order valence-electron chi connectivity index (χ2n) is 9.29. The minimum absolute atomic E-state index is 0.138. The van der Waals surface area contributed by atoms with E-state index in [9.17, 15) is 31.4 Å². The van der Waals surface area contributed by atoms with Crippen molar-refractivity contribution in [2.75, 3.05) is 44.7 Å². The predicted molar refractivity (Wildman–Crippen MR) is 117 cm³/mol. The van der Waals surface area contributed by atoms with Crippen LogP contribution < -0.4 is 9.64 Å². The van der Waals surface area contributed by atoms with Gasteiger partial charge in [0.25, 0.3) is 0 Å². The van der Waals surface area contributed by atoms with E-state index in [1.54, 1.807) is 4.90 Å². The fraction of sp³-hybridized carbons (Fsp3) is 0.500. The summed E-state index contributed by atoms with van der Waals surface area (Å²) >= 11 is 0. The van der Waals surface area contributed by atoms with Crippen molar-refractivity contribution in [2.45, 2.75) is 37.5 Å². The van der Waals surface area contributed by atoms with Crippen LogP contribution in [0.3, 0.4) is 0 Å². The molecule has 2 aromatic rings. The van der Waals surface area contributed by atoms with E-state index in [4.69, 9.17) is 4.74 Å². The standard InChI is InChI=1S/C24H28F6N2O2/c1-22(2,18-12-16(25)5-7-21(18)34-3)14-23(33,24(28,29)30)15-31-8-10-32(11-9-31)20-6-4-17(26)13-19(20)27/h4-7,12-13,33H,8-11,14-15H2,1-3H3. The van der Waals surface area contributed by atoms with Crippen molar-refractivity contribution in [3.63, 3.8) is 0 Å². The van der Waals surface area contributed by atoms with E-state index in [1.165, 1.54) is 38.0 Å². The molecular formula is C24H28F6N2O2. The third kappa shape index (κ3) is 5.60. The third-order valence-electron chi connectivity index (χ3n) is 6.26. The van der Waals surface area contributed by atoms with Crippen molar-refractivity contribution in [2.24, 2.45) is 0 Å². The van der Waals surface area contributed by atoms with Crippen molar-refractivity contribution < 1.29 is 36.2 Å². The molecule has 0 amide bonds. The molecule has 188 valence electrons. The largest absolute Gasteiger partial charge is 0.496 e. The summed E-state index contributed by atoms with van der Waals surface area (Å²) in [5, 5.41) is 10.9. The number of alkyl halides is 3. The SMILES string of the molecule is COc1ccc(F)cc1C(C)(C)CC(O)(CN1CCN(c2ccc(F)cc2F)CC1)C(F)(F)F. The van der Waals surface area contributed by atoms with Crippen LogP contribution in [0.2, 0.25) is 0 Å². The average Bonchev–Trinajstić information content (AvgIpc) is 2.73. The number of hydrogen-bond acceptors (Lipinski definition) is 4. The van der Waals surface area contributed by atoms with E-state index in [2.05, 4.69) is 0 Å². The second kappa shape index (κ2) is 9.65. The summed E-state index contributed by atoms with van der Waals surface area (Å²) in [7, 11) is 1.34. The maximum atomic E-state index is 14.1. The molecule has 0 spiro atoms. The Labute approximate surface area is 194 Å². The van der Waals surface area contributed by atoms with Crippen LogP contribution in [0.1, 0.15) is 25.8 Å². The Kier molecular flexibility index (Phi) is 7.43. The summed E-state index contributed by atoms with van der Waals surface area (Å²) < 4.78 is 88.7. The number of benzene rings is 2. The van der Waals surface area contributed by atoms with Gasteiger partial charge in [0.1, 0.15) is 23.2 Å². The Hall–Kier alpha value is -2.46. The summed E-state index contributed by atoms with van der Waals surface area (Å²) in [5.41, 5.74) is -3.98. The first-order valence-corrected chi connectivity index (χ1v) is 10.8. The van der Waals surface area contributed by atoms with Gasteiger partial charge in [-0.25, -0.2) is 13.2 Å². The van der Waals surface area contributed by atoms with Gasteiger partial charge < -0.3 is 14.7 Å². The molecule has 2 aromatic carbocycles. The number of hydrogen-bond donors (Lipinski definition) is 1. The van der Waals surface area contributed by atoms with Crippen LogP contribution >= 0.6 is 0 Å². The molecule has 4 nitrogen and oxygen atoms in total. The zero-order chi connectivity index (χ0) is 25.3. The molecule has 1 aliphatic heterocycles. The summed E-state index contributed by atoms with van der Waals surface area (Å²) in [4.78, 5) is 3.09. The number of rotatable bonds is 7. The quantitative estimate of drug-likeness (QED) is 0.561. The van der Waals surface area contributed by atoms with Crippen LogP contribution in [0.5, 0.6) is 5.75 Å². The number of methoxy groups -OCH3 is 1. The summed E-state index contributed by atoms with van der Waals surface area (Å²) in [6, 6.07) is 6.78. The minimum atomic E-state index is -4.95. The van der Waals surface area contributed by atoms with E-state index in [0.29, 0.717) is 0 Å². The first-order valence-electron chi connectivity index (χ1n) is 10.8. The highest BCUT2D eigenvalue weighted by Gasteiger charge is 2.57. The molecule has 1 unspecified atom stereocenters. The number of piperazine rings is 1. The zero-order valence-electron chi connectivity index (χ0n) is 19.2. The highest BCUT2D eigenvalue weighted by atomic mass is 19.4. The van der Waals surface area contributed by atoms with Gasteiger partial charge in [0.2, 0.25) is 0 Å². The molecule has 34 heavy (non-hydrogen) atoms. The molecule has 1 aliphatic rings. The van der Waals surface area contributed by atoms with Crippen molar-refractivity contribution in [1.82, 2.24) is 4.90 Å². The van der Waals surface area contributed by atoms with Crippen molar-refractivity contribution in [1.29, 1.82) is 0 Å². The molecule has 1 heterocycles. The Morgan fingerprint density at radius 3 is 2.06 bits per heavy atom. The Morgan fingerprint density at radius 1 is 0.912 bits per heavy atom. The van der Waals surface area contributed by atoms with Crippen LogP contribution in [-0.4, -0.2) is 61.6 Å². The van der Waals surface area contributed by atoms with Crippen LogP contribution in [0.15, 0.2) is 36.4 Å². The van der Waals surface area contributed by atoms with Gasteiger partial charge >= 0.3 is 6.18 Å². The smallest absolute Gasteiger partial charge is 0.418 e. The van der Waals surface area contributed by atoms with Crippen LogP contribution in [0.4, 0.5) is 32.0 Å². The molecule has 10 heteroatoms. The van der Waals surface area contributed by atoms with Crippen LogP contribution in [0.25, 0.3) is 0 Å². The molecule has 1 fully saturated rings. The molecule has 0 saturated carbocycles. The fourth-order valence-electron chi connectivity index (χ4n) is 4.54. The number of ether oxygens (including phenoxy) is 1. The maximum absolute atomic E-state index is 14.1. The monoisotopic (exact) mass is 490 g/mol. The molecular weight excluding hydrogens is 462 g/mol. The van der Waals surface area contributed by atoms with Crippen molar-refractivity contribution in [3.05, 3.63) is 59.4 Å². The molecule has 3 rings (SSSR count). The predicted octanol–water partition coefficient (Wildman–Crippen LogP) is 4.90. The highest BCUT2D eigenvalue weighted by Crippen LogP contribution is 2.44. The highest BCUT2D eigenvalue weighted by molar-refractivity contribution is 5.48. The number of anilines is 1. The molecule has 0 aliphatic carbocycles. The first-order chi connectivity index (χ1) is 15.8. The van der Waals surface area contributed by atoms with E-state index >= 15 is 0 Å². The van der Waals surface area contributed by atoms with Gasteiger partial charge in [0.15, 0.2) is 5.60 Å². The number of nitrogens with zero attached hydrogens (tertiary/aromatic N) is 2. The maximum Gasteiger partial charge on any atom is 0.418 e. The van der Waals surface area contributed by atoms with Gasteiger partial charge in [-0.2, -0.15) is 13.2 Å². The molecule has 0 aromatic heterocycles. The first kappa shape index (κ1) is 26.2. The van der Waals surface area contributed by atoms with E-state index in [0.717, 1.165) is 24.3 Å². The van der Waals surface area contributed by atoms with Crippen LogP contribution in [-0.2, 0) is 5.41 Å². The van der Waals surface area contributed by atoms with Gasteiger partial charge in [-0.1, -0.05) is 13.8 Å². The van der Waals surface area contributed by atoms with Gasteiger partial charge in [-0.3, -0.25) is 4.90 Å². The summed E-state index contributed by atoms with van der Waals surface area (Å²) in [5.74, 6) is -1.85. The van der Waals surface area contributed by atoms with Gasteiger partial charge in [-0.15, -0.1) is 0 Å². The van der Waals surface area contributed by atoms with Crippen molar-refractivity contribution in [3.8, 4) is 5.75 Å². The van der Waals surface area contributed by atoms with E-state index < -0.39 is 47.6 Å². The molecule has 0 radical (unpaired) electrons. The zero-order valence-corrected chi connectivity index (χ0v) is 19.2. The molecule has 1 saturated heterocycles. The normalized spacial score (nSPS) is 17.5. The number of aliphatic hydroxyl groups is 1. The van der Waals surface area contributed by atoms with E-state index in [-0.39, 0.29) is 43.2 Å².